The van der Waals surface area contributed by atoms with Gasteiger partial charge in [-0.05, 0) is 43.5 Å². The van der Waals surface area contributed by atoms with Crippen molar-refractivity contribution in [2.24, 2.45) is 5.92 Å². The predicted molar refractivity (Wildman–Crippen MR) is 72.5 cm³/mol. The largest absolute Gasteiger partial charge is 0.317 e. The van der Waals surface area contributed by atoms with Crippen molar-refractivity contribution in [1.82, 2.24) is 5.32 Å². The van der Waals surface area contributed by atoms with E-state index in [9.17, 15) is 0 Å². The first kappa shape index (κ1) is 13.8. The predicted octanol–water partition coefficient (Wildman–Crippen LogP) is 4.17. The topological polar surface area (TPSA) is 12.0 Å². The van der Waals surface area contributed by atoms with E-state index in [1.54, 1.807) is 6.07 Å². The van der Waals surface area contributed by atoms with E-state index < -0.39 is 0 Å². The number of hydrogen-bond donors (Lipinski definition) is 1. The monoisotopic (exact) mass is 259 g/mol. The highest BCUT2D eigenvalue weighted by Gasteiger charge is 2.11. The van der Waals surface area contributed by atoms with Gasteiger partial charge in [-0.25, -0.2) is 0 Å². The molecular weight excluding hydrogens is 241 g/mol. The van der Waals surface area contributed by atoms with Gasteiger partial charge in [0.15, 0.2) is 0 Å². The first-order valence-electron chi connectivity index (χ1n) is 5.64. The first-order valence-corrected chi connectivity index (χ1v) is 6.39. The number of benzene rings is 1. The Hall–Kier alpha value is -0.240. The van der Waals surface area contributed by atoms with Crippen LogP contribution < -0.4 is 5.32 Å². The summed E-state index contributed by atoms with van der Waals surface area (Å²) in [5.41, 5.74) is 1.16. The molecule has 0 saturated carbocycles. The van der Waals surface area contributed by atoms with Crippen molar-refractivity contribution in [1.29, 1.82) is 0 Å². The number of nitrogens with one attached hydrogen (secondary N) is 1. The van der Waals surface area contributed by atoms with Crippen LogP contribution in [-0.2, 0) is 6.42 Å². The molecule has 1 aromatic rings. The van der Waals surface area contributed by atoms with E-state index in [1.165, 1.54) is 0 Å². The fraction of sp³-hybridized carbons (Fsp3) is 0.538. The fourth-order valence-corrected chi connectivity index (χ4v) is 2.31. The van der Waals surface area contributed by atoms with Crippen LogP contribution in [0.5, 0.6) is 0 Å². The minimum Gasteiger partial charge on any atom is -0.317 e. The molecule has 0 amide bonds. The second-order valence-corrected chi connectivity index (χ2v) is 5.40. The Morgan fingerprint density at radius 1 is 1.25 bits per heavy atom. The van der Waals surface area contributed by atoms with Crippen molar-refractivity contribution in [3.05, 3.63) is 33.8 Å². The highest BCUT2D eigenvalue weighted by Crippen LogP contribution is 2.23. The number of hydrogen-bond acceptors (Lipinski definition) is 1. The van der Waals surface area contributed by atoms with E-state index in [4.69, 9.17) is 23.2 Å². The van der Waals surface area contributed by atoms with Gasteiger partial charge in [0.05, 0.1) is 0 Å². The van der Waals surface area contributed by atoms with Crippen molar-refractivity contribution >= 4 is 23.2 Å². The Kier molecular flexibility index (Phi) is 5.60. The van der Waals surface area contributed by atoms with Gasteiger partial charge in [0.25, 0.3) is 0 Å². The highest BCUT2D eigenvalue weighted by molar-refractivity contribution is 6.35. The molecule has 1 aromatic carbocycles. The summed E-state index contributed by atoms with van der Waals surface area (Å²) >= 11 is 12.0. The lowest BCUT2D eigenvalue weighted by Gasteiger charge is -2.19. The number of halogens is 2. The van der Waals surface area contributed by atoms with Gasteiger partial charge in [-0.15, -0.1) is 0 Å². The Balaban J connectivity index is 2.70. The molecule has 0 saturated heterocycles. The molecule has 0 aliphatic carbocycles. The molecule has 0 fully saturated rings. The van der Waals surface area contributed by atoms with Crippen molar-refractivity contribution in [2.75, 3.05) is 7.05 Å². The van der Waals surface area contributed by atoms with Gasteiger partial charge in [-0.3, -0.25) is 0 Å². The van der Waals surface area contributed by atoms with E-state index in [0.717, 1.165) is 23.4 Å². The molecule has 0 bridgehead atoms. The maximum Gasteiger partial charge on any atom is 0.0453 e. The average Bonchev–Trinajstić information content (AvgIpc) is 2.20. The molecule has 1 N–H and O–H groups in total. The lowest BCUT2D eigenvalue weighted by Crippen LogP contribution is -2.29. The van der Waals surface area contributed by atoms with E-state index >= 15 is 0 Å². The number of likely N-dealkylation sites (N-methyl/N-ethyl adjacent to an activating group) is 1. The molecule has 90 valence electrons. The van der Waals surface area contributed by atoms with Crippen LogP contribution >= 0.6 is 23.2 Å². The molecule has 1 nitrogen and oxygen atoms in total. The maximum atomic E-state index is 6.15. The van der Waals surface area contributed by atoms with Crippen LogP contribution in [0.1, 0.15) is 25.8 Å². The van der Waals surface area contributed by atoms with Gasteiger partial charge < -0.3 is 5.32 Å². The lowest BCUT2D eigenvalue weighted by molar-refractivity contribution is 0.441. The van der Waals surface area contributed by atoms with Crippen LogP contribution in [0.3, 0.4) is 0 Å². The van der Waals surface area contributed by atoms with Crippen LogP contribution in [0, 0.1) is 5.92 Å². The summed E-state index contributed by atoms with van der Waals surface area (Å²) in [5.74, 6) is 0.684. The number of rotatable bonds is 5. The average molecular weight is 260 g/mol. The van der Waals surface area contributed by atoms with E-state index in [-0.39, 0.29) is 0 Å². The third kappa shape index (κ3) is 4.32. The SMILES string of the molecule is CNC(Cc1ccc(Cl)cc1Cl)CC(C)C. The molecule has 0 aromatic heterocycles. The van der Waals surface area contributed by atoms with Crippen LogP contribution in [0.4, 0.5) is 0 Å². The molecule has 16 heavy (non-hydrogen) atoms. The first-order chi connectivity index (χ1) is 7.52. The molecule has 0 radical (unpaired) electrons. The van der Waals surface area contributed by atoms with Crippen molar-refractivity contribution in [3.8, 4) is 0 Å². The van der Waals surface area contributed by atoms with Crippen LogP contribution in [-0.4, -0.2) is 13.1 Å². The quantitative estimate of drug-likeness (QED) is 0.837. The van der Waals surface area contributed by atoms with E-state index in [1.807, 2.05) is 19.2 Å². The summed E-state index contributed by atoms with van der Waals surface area (Å²) in [4.78, 5) is 0. The zero-order chi connectivity index (χ0) is 12.1. The normalized spacial score (nSPS) is 13.1. The smallest absolute Gasteiger partial charge is 0.0453 e. The molecule has 0 aliphatic heterocycles. The van der Waals surface area contributed by atoms with Crippen molar-refractivity contribution in [3.63, 3.8) is 0 Å². The molecule has 1 unspecified atom stereocenters. The van der Waals surface area contributed by atoms with E-state index in [0.29, 0.717) is 17.0 Å². The van der Waals surface area contributed by atoms with E-state index in [2.05, 4.69) is 19.2 Å². The molecule has 3 heteroatoms. The molecule has 0 spiro atoms. The maximum absolute atomic E-state index is 6.15. The molecule has 1 atom stereocenters. The third-order valence-corrected chi connectivity index (χ3v) is 3.23. The summed E-state index contributed by atoms with van der Waals surface area (Å²) in [6, 6.07) is 6.18. The minimum absolute atomic E-state index is 0.471. The Morgan fingerprint density at radius 3 is 2.44 bits per heavy atom. The summed E-state index contributed by atoms with van der Waals surface area (Å²) in [7, 11) is 2.00. The van der Waals surface area contributed by atoms with Gasteiger partial charge in [0, 0.05) is 16.1 Å². The van der Waals surface area contributed by atoms with Gasteiger partial charge in [-0.2, -0.15) is 0 Å². The summed E-state index contributed by atoms with van der Waals surface area (Å²) < 4.78 is 0. The van der Waals surface area contributed by atoms with Crippen LogP contribution in [0.15, 0.2) is 18.2 Å². The fourth-order valence-electron chi connectivity index (χ4n) is 1.82. The third-order valence-electron chi connectivity index (χ3n) is 2.65. The van der Waals surface area contributed by atoms with Crippen LogP contribution in [0.2, 0.25) is 10.0 Å². The van der Waals surface area contributed by atoms with Gasteiger partial charge in [0.2, 0.25) is 0 Å². The molecular formula is C13H19Cl2N. The summed E-state index contributed by atoms with van der Waals surface area (Å²) in [6.07, 6.45) is 2.10. The van der Waals surface area contributed by atoms with Crippen molar-refractivity contribution < 1.29 is 0 Å². The van der Waals surface area contributed by atoms with Gasteiger partial charge in [-0.1, -0.05) is 43.1 Å². The zero-order valence-corrected chi connectivity index (χ0v) is 11.6. The Bertz CT molecular complexity index is 337. The standard InChI is InChI=1S/C13H19Cl2N/c1-9(2)6-12(16-3)7-10-4-5-11(14)8-13(10)15/h4-5,8-9,12,16H,6-7H2,1-3H3. The molecule has 1 rings (SSSR count). The van der Waals surface area contributed by atoms with Crippen molar-refractivity contribution in [2.45, 2.75) is 32.7 Å². The summed E-state index contributed by atoms with van der Waals surface area (Å²) in [6.45, 7) is 4.46. The Morgan fingerprint density at radius 2 is 1.94 bits per heavy atom. The highest BCUT2D eigenvalue weighted by atomic mass is 35.5. The lowest BCUT2D eigenvalue weighted by atomic mass is 9.97. The molecule has 0 aliphatic rings. The second-order valence-electron chi connectivity index (χ2n) is 4.56. The second kappa shape index (κ2) is 6.48. The summed E-state index contributed by atoms with van der Waals surface area (Å²) in [5, 5.41) is 4.79. The van der Waals surface area contributed by atoms with Gasteiger partial charge >= 0.3 is 0 Å². The minimum atomic E-state index is 0.471. The van der Waals surface area contributed by atoms with Gasteiger partial charge in [0.1, 0.15) is 0 Å². The van der Waals surface area contributed by atoms with Crippen LogP contribution in [0.25, 0.3) is 0 Å². The zero-order valence-electron chi connectivity index (χ0n) is 10.1. The molecule has 0 heterocycles. The Labute approximate surface area is 108 Å².